The van der Waals surface area contributed by atoms with Crippen LogP contribution in [-0.2, 0) is 6.42 Å². The van der Waals surface area contributed by atoms with Gasteiger partial charge in [0.25, 0.3) is 5.56 Å². The number of benzene rings is 1. The Morgan fingerprint density at radius 1 is 1.20 bits per heavy atom. The van der Waals surface area contributed by atoms with Gasteiger partial charge in [0.1, 0.15) is 11.2 Å². The normalized spacial score (nSPS) is 11.6. The number of nitrogens with zero attached hydrogens (tertiary/aromatic N) is 3. The van der Waals surface area contributed by atoms with E-state index in [0.717, 1.165) is 27.3 Å². The zero-order valence-electron chi connectivity index (χ0n) is 13.5. The van der Waals surface area contributed by atoms with Crippen LogP contribution in [-0.4, -0.2) is 15.9 Å². The summed E-state index contributed by atoms with van der Waals surface area (Å²) in [7, 11) is 0. The maximum Gasteiger partial charge on any atom is 0.283 e. The first-order valence-electron chi connectivity index (χ1n) is 7.92. The Bertz CT molecular complexity index is 1090. The minimum atomic E-state index is -0.143. The molecular formula is C19H15N3OS2. The molecule has 4 aromatic rings. The van der Waals surface area contributed by atoms with Crippen LogP contribution in [0.2, 0.25) is 0 Å². The van der Waals surface area contributed by atoms with E-state index in [0.29, 0.717) is 5.39 Å². The van der Waals surface area contributed by atoms with Crippen molar-refractivity contribution < 1.29 is 0 Å². The lowest BCUT2D eigenvalue weighted by Crippen LogP contribution is -2.16. The molecule has 0 amide bonds. The summed E-state index contributed by atoms with van der Waals surface area (Å²) >= 11 is 3.10. The van der Waals surface area contributed by atoms with Crippen molar-refractivity contribution in [2.75, 3.05) is 0 Å². The fourth-order valence-corrected chi connectivity index (χ4v) is 4.31. The fraction of sp³-hybridized carbons (Fsp3) is 0.105. The van der Waals surface area contributed by atoms with E-state index in [2.05, 4.69) is 29.1 Å². The van der Waals surface area contributed by atoms with Gasteiger partial charge in [-0.15, -0.1) is 22.7 Å². The largest absolute Gasteiger partial charge is 0.283 e. The van der Waals surface area contributed by atoms with Crippen molar-refractivity contribution in [2.24, 2.45) is 5.10 Å². The zero-order chi connectivity index (χ0) is 17.2. The van der Waals surface area contributed by atoms with E-state index in [9.17, 15) is 4.79 Å². The van der Waals surface area contributed by atoms with Crippen LogP contribution in [0.1, 0.15) is 18.1 Å². The van der Waals surface area contributed by atoms with Crippen LogP contribution in [0.25, 0.3) is 20.7 Å². The average Bonchev–Trinajstić information content (AvgIpc) is 3.31. The van der Waals surface area contributed by atoms with Crippen molar-refractivity contribution in [3.05, 3.63) is 75.0 Å². The van der Waals surface area contributed by atoms with Gasteiger partial charge >= 0.3 is 0 Å². The molecule has 0 unspecified atom stereocenters. The van der Waals surface area contributed by atoms with E-state index < -0.39 is 0 Å². The summed E-state index contributed by atoms with van der Waals surface area (Å²) < 4.78 is 1.31. The van der Waals surface area contributed by atoms with E-state index in [1.165, 1.54) is 27.9 Å². The Morgan fingerprint density at radius 3 is 2.76 bits per heavy atom. The average molecular weight is 365 g/mol. The van der Waals surface area contributed by atoms with Crippen LogP contribution in [0.5, 0.6) is 0 Å². The Hall–Kier alpha value is -2.57. The van der Waals surface area contributed by atoms with Crippen LogP contribution in [0, 0.1) is 0 Å². The molecule has 3 aromatic heterocycles. The zero-order valence-corrected chi connectivity index (χ0v) is 15.2. The molecule has 25 heavy (non-hydrogen) atoms. The number of thiophene rings is 2. The van der Waals surface area contributed by atoms with Crippen molar-refractivity contribution in [3.63, 3.8) is 0 Å². The molecule has 0 bridgehead atoms. The fourth-order valence-electron chi connectivity index (χ4n) is 2.59. The van der Waals surface area contributed by atoms with E-state index >= 15 is 0 Å². The first-order chi connectivity index (χ1) is 12.3. The molecule has 0 spiro atoms. The van der Waals surface area contributed by atoms with Gasteiger partial charge in [0, 0.05) is 15.8 Å². The lowest BCUT2D eigenvalue weighted by molar-refractivity contribution is 0.819. The minimum absolute atomic E-state index is 0.143. The van der Waals surface area contributed by atoms with Gasteiger partial charge in [-0.2, -0.15) is 9.78 Å². The monoisotopic (exact) mass is 365 g/mol. The van der Waals surface area contributed by atoms with Gasteiger partial charge in [-0.3, -0.25) is 4.79 Å². The Balaban J connectivity index is 1.75. The van der Waals surface area contributed by atoms with E-state index in [1.807, 2.05) is 35.0 Å². The smallest absolute Gasteiger partial charge is 0.267 e. The van der Waals surface area contributed by atoms with Gasteiger partial charge < -0.3 is 0 Å². The van der Waals surface area contributed by atoms with Gasteiger partial charge in [-0.1, -0.05) is 37.3 Å². The summed E-state index contributed by atoms with van der Waals surface area (Å²) in [6.07, 6.45) is 4.17. The van der Waals surface area contributed by atoms with E-state index in [1.54, 1.807) is 17.6 Å². The van der Waals surface area contributed by atoms with Gasteiger partial charge in [-0.25, -0.2) is 4.98 Å². The maximum absolute atomic E-state index is 12.8. The van der Waals surface area contributed by atoms with Crippen LogP contribution in [0.15, 0.2) is 63.4 Å². The standard InChI is InChI=1S/C19H15N3OS2/c1-2-13-5-7-14(8-6-13)10-21-22-12-20-18-17(19(22)23)15(11-25-18)16-4-3-9-24-16/h3-12H,2H2,1H3/b21-10-. The third-order valence-electron chi connectivity index (χ3n) is 3.98. The second kappa shape index (κ2) is 6.74. The molecule has 124 valence electrons. The first-order valence-corrected chi connectivity index (χ1v) is 9.68. The van der Waals surface area contributed by atoms with Gasteiger partial charge in [0.05, 0.1) is 11.6 Å². The van der Waals surface area contributed by atoms with Crippen molar-refractivity contribution in [3.8, 4) is 10.4 Å². The molecular weight excluding hydrogens is 350 g/mol. The molecule has 0 radical (unpaired) electrons. The van der Waals surface area contributed by atoms with Crippen LogP contribution < -0.4 is 5.56 Å². The van der Waals surface area contributed by atoms with E-state index in [4.69, 9.17) is 0 Å². The molecule has 4 rings (SSSR count). The van der Waals surface area contributed by atoms with Crippen molar-refractivity contribution in [1.82, 2.24) is 9.66 Å². The molecule has 0 N–H and O–H groups in total. The summed E-state index contributed by atoms with van der Waals surface area (Å²) in [5, 5.41) is 8.94. The Morgan fingerprint density at radius 2 is 2.04 bits per heavy atom. The second-order valence-corrected chi connectivity index (χ2v) is 7.35. The SMILES string of the molecule is CCc1ccc(/C=N\n2cnc3scc(-c4cccs4)c3c2=O)cc1. The molecule has 0 atom stereocenters. The molecule has 0 fully saturated rings. The lowest BCUT2D eigenvalue weighted by atomic mass is 10.1. The molecule has 3 heterocycles. The highest BCUT2D eigenvalue weighted by atomic mass is 32.1. The molecule has 0 saturated heterocycles. The van der Waals surface area contributed by atoms with E-state index in [-0.39, 0.29) is 5.56 Å². The number of hydrogen-bond acceptors (Lipinski definition) is 5. The van der Waals surface area contributed by atoms with Gasteiger partial charge in [0.15, 0.2) is 0 Å². The molecule has 1 aromatic carbocycles. The molecule has 0 aliphatic heterocycles. The Kier molecular flexibility index (Phi) is 4.29. The molecule has 0 aliphatic rings. The predicted octanol–water partition coefficient (Wildman–Crippen LogP) is 4.63. The molecule has 4 nitrogen and oxygen atoms in total. The highest BCUT2D eigenvalue weighted by Crippen LogP contribution is 2.33. The summed E-state index contributed by atoms with van der Waals surface area (Å²) in [5.74, 6) is 0. The maximum atomic E-state index is 12.8. The summed E-state index contributed by atoms with van der Waals surface area (Å²) in [6, 6.07) is 12.1. The quantitative estimate of drug-likeness (QED) is 0.495. The number of rotatable bonds is 4. The third-order valence-corrected chi connectivity index (χ3v) is 5.77. The lowest BCUT2D eigenvalue weighted by Gasteiger charge is -2.00. The topological polar surface area (TPSA) is 47.2 Å². The molecule has 0 saturated carbocycles. The minimum Gasteiger partial charge on any atom is -0.267 e. The van der Waals surface area contributed by atoms with Crippen LogP contribution in [0.3, 0.4) is 0 Å². The number of hydrogen-bond donors (Lipinski definition) is 0. The summed E-state index contributed by atoms with van der Waals surface area (Å²) in [5.41, 5.74) is 3.02. The highest BCUT2D eigenvalue weighted by molar-refractivity contribution is 7.18. The van der Waals surface area contributed by atoms with Crippen molar-refractivity contribution in [1.29, 1.82) is 0 Å². The summed E-state index contributed by atoms with van der Waals surface area (Å²) in [4.78, 5) is 19.0. The number of fused-ring (bicyclic) bond motifs is 1. The number of aryl methyl sites for hydroxylation is 1. The summed E-state index contributed by atoms with van der Waals surface area (Å²) in [6.45, 7) is 2.12. The molecule has 0 aliphatic carbocycles. The van der Waals surface area contributed by atoms with Gasteiger partial charge in [0.2, 0.25) is 0 Å². The Labute approximate surface area is 152 Å². The second-order valence-electron chi connectivity index (χ2n) is 5.54. The molecule has 6 heteroatoms. The van der Waals surface area contributed by atoms with Crippen molar-refractivity contribution >= 4 is 39.1 Å². The third kappa shape index (κ3) is 3.06. The van der Waals surface area contributed by atoms with Gasteiger partial charge in [-0.05, 0) is 29.0 Å². The first kappa shape index (κ1) is 15.9. The van der Waals surface area contributed by atoms with Crippen molar-refractivity contribution in [2.45, 2.75) is 13.3 Å². The van der Waals surface area contributed by atoms with Crippen LogP contribution in [0.4, 0.5) is 0 Å². The highest BCUT2D eigenvalue weighted by Gasteiger charge is 2.13. The van der Waals surface area contributed by atoms with Crippen LogP contribution >= 0.6 is 22.7 Å². The predicted molar refractivity (Wildman–Crippen MR) is 106 cm³/mol. The number of aromatic nitrogens is 2.